The Morgan fingerprint density at radius 1 is 1.75 bits per heavy atom. The predicted octanol–water partition coefficient (Wildman–Crippen LogP) is 0.503. The first kappa shape index (κ1) is 7.09. The van der Waals surface area contributed by atoms with Crippen molar-refractivity contribution in [2.45, 2.75) is 12.5 Å². The third-order valence-electron chi connectivity index (χ3n) is 1.96. The molecule has 2 rings (SSSR count). The van der Waals surface area contributed by atoms with Gasteiger partial charge in [-0.3, -0.25) is 4.98 Å². The minimum Gasteiger partial charge on any atom is -0.480 e. The van der Waals surface area contributed by atoms with Gasteiger partial charge in [-0.15, -0.1) is 0 Å². The van der Waals surface area contributed by atoms with Crippen LogP contribution in [0.25, 0.3) is 0 Å². The van der Waals surface area contributed by atoms with E-state index in [2.05, 4.69) is 10.3 Å². The van der Waals surface area contributed by atoms with Crippen molar-refractivity contribution in [3.8, 4) is 0 Å². The zero-order valence-electron chi connectivity index (χ0n) is 6.32. The summed E-state index contributed by atoms with van der Waals surface area (Å²) in [5, 5.41) is 11.6. The number of hydrogen-bond donors (Lipinski definition) is 2. The molecule has 4 heteroatoms. The van der Waals surface area contributed by atoms with Crippen molar-refractivity contribution < 1.29 is 9.90 Å². The Morgan fingerprint density at radius 3 is 3.25 bits per heavy atom. The highest BCUT2D eigenvalue weighted by molar-refractivity contribution is 5.80. The van der Waals surface area contributed by atoms with Gasteiger partial charge in [0.15, 0.2) is 0 Å². The molecule has 12 heavy (non-hydrogen) atoms. The lowest BCUT2D eigenvalue weighted by atomic mass is 10.1. The Hall–Kier alpha value is -1.58. The number of fused-ring (bicyclic) bond motifs is 1. The number of nitrogens with one attached hydrogen (secondary N) is 1. The molecule has 1 aromatic rings. The molecule has 0 saturated heterocycles. The average molecular weight is 164 g/mol. The maximum Gasteiger partial charge on any atom is 0.326 e. The van der Waals surface area contributed by atoms with Gasteiger partial charge >= 0.3 is 5.97 Å². The van der Waals surface area contributed by atoms with Gasteiger partial charge in [0, 0.05) is 24.5 Å². The third-order valence-corrected chi connectivity index (χ3v) is 1.96. The lowest BCUT2D eigenvalue weighted by Crippen LogP contribution is -2.26. The van der Waals surface area contributed by atoms with Crippen LogP contribution < -0.4 is 5.32 Å². The van der Waals surface area contributed by atoms with Crippen LogP contribution in [0.1, 0.15) is 5.56 Å². The summed E-state index contributed by atoms with van der Waals surface area (Å²) >= 11 is 0. The minimum absolute atomic E-state index is 0.482. The second kappa shape index (κ2) is 2.48. The first-order valence-electron chi connectivity index (χ1n) is 3.69. The summed E-state index contributed by atoms with van der Waals surface area (Å²) in [4.78, 5) is 14.5. The van der Waals surface area contributed by atoms with Crippen molar-refractivity contribution in [3.05, 3.63) is 24.0 Å². The van der Waals surface area contributed by atoms with E-state index in [-0.39, 0.29) is 0 Å². The lowest BCUT2D eigenvalue weighted by Gasteiger charge is -2.02. The molecule has 4 nitrogen and oxygen atoms in total. The van der Waals surface area contributed by atoms with Gasteiger partial charge in [0.05, 0.1) is 0 Å². The molecule has 2 N–H and O–H groups in total. The number of aliphatic carboxylic acids is 1. The summed E-state index contributed by atoms with van der Waals surface area (Å²) in [5.74, 6) is -0.814. The highest BCUT2D eigenvalue weighted by Gasteiger charge is 2.25. The van der Waals surface area contributed by atoms with E-state index < -0.39 is 12.0 Å². The Bertz CT molecular complexity index is 300. The molecule has 1 aliphatic heterocycles. The molecule has 0 spiro atoms. The summed E-state index contributed by atoms with van der Waals surface area (Å²) in [7, 11) is 0. The van der Waals surface area contributed by atoms with Crippen molar-refractivity contribution in [1.29, 1.82) is 0 Å². The Labute approximate surface area is 69.2 Å². The Balaban J connectivity index is 2.27. The summed E-state index contributed by atoms with van der Waals surface area (Å²) in [6.45, 7) is 0. The monoisotopic (exact) mass is 164 g/mol. The molecule has 0 amide bonds. The van der Waals surface area contributed by atoms with Crippen molar-refractivity contribution in [2.24, 2.45) is 0 Å². The standard InChI is InChI=1S/C8H8N2O2/c11-8(12)7-3-5-4-9-2-1-6(5)10-7/h1-2,4,7,10H,3H2,(H,11,12). The van der Waals surface area contributed by atoms with Crippen LogP contribution in [0.3, 0.4) is 0 Å². The average Bonchev–Trinajstić information content (AvgIpc) is 2.46. The molecular formula is C8H8N2O2. The van der Waals surface area contributed by atoms with Crippen LogP contribution in [0, 0.1) is 0 Å². The normalized spacial score (nSPS) is 19.8. The van der Waals surface area contributed by atoms with Gasteiger partial charge in [0.25, 0.3) is 0 Å². The van der Waals surface area contributed by atoms with Crippen LogP contribution in [-0.2, 0) is 11.2 Å². The molecule has 1 atom stereocenters. The number of carbonyl (C=O) groups is 1. The molecule has 2 heterocycles. The van der Waals surface area contributed by atoms with Crippen molar-refractivity contribution in [1.82, 2.24) is 4.98 Å². The number of anilines is 1. The number of carboxylic acid groups (broad SMARTS) is 1. The highest BCUT2D eigenvalue weighted by atomic mass is 16.4. The van der Waals surface area contributed by atoms with E-state index in [9.17, 15) is 4.79 Å². The summed E-state index contributed by atoms with van der Waals surface area (Å²) in [5.41, 5.74) is 1.86. The molecule has 62 valence electrons. The maximum atomic E-state index is 10.6. The van der Waals surface area contributed by atoms with E-state index in [1.807, 2.05) is 0 Å². The van der Waals surface area contributed by atoms with E-state index in [1.165, 1.54) is 0 Å². The molecule has 1 unspecified atom stereocenters. The molecule has 0 radical (unpaired) electrons. The molecule has 0 fully saturated rings. The molecule has 1 aliphatic rings. The van der Waals surface area contributed by atoms with Crippen LogP contribution in [0.15, 0.2) is 18.5 Å². The van der Waals surface area contributed by atoms with Gasteiger partial charge in [-0.1, -0.05) is 0 Å². The van der Waals surface area contributed by atoms with Gasteiger partial charge in [-0.05, 0) is 11.6 Å². The topological polar surface area (TPSA) is 62.2 Å². The molecule has 0 aromatic carbocycles. The summed E-state index contributed by atoms with van der Waals surface area (Å²) in [6.07, 6.45) is 3.87. The zero-order chi connectivity index (χ0) is 8.55. The zero-order valence-corrected chi connectivity index (χ0v) is 6.32. The Morgan fingerprint density at radius 2 is 2.58 bits per heavy atom. The second-order valence-corrected chi connectivity index (χ2v) is 2.77. The van der Waals surface area contributed by atoms with Crippen molar-refractivity contribution >= 4 is 11.7 Å². The second-order valence-electron chi connectivity index (χ2n) is 2.77. The van der Waals surface area contributed by atoms with Crippen LogP contribution in [0.2, 0.25) is 0 Å². The quantitative estimate of drug-likeness (QED) is 0.634. The van der Waals surface area contributed by atoms with Crippen LogP contribution in [0.4, 0.5) is 5.69 Å². The number of carboxylic acids is 1. The first-order valence-corrected chi connectivity index (χ1v) is 3.69. The van der Waals surface area contributed by atoms with Gasteiger partial charge in [-0.2, -0.15) is 0 Å². The minimum atomic E-state index is -0.814. The van der Waals surface area contributed by atoms with Gasteiger partial charge in [-0.25, -0.2) is 4.79 Å². The highest BCUT2D eigenvalue weighted by Crippen LogP contribution is 2.23. The summed E-state index contributed by atoms with van der Waals surface area (Å²) < 4.78 is 0. The maximum absolute atomic E-state index is 10.6. The van der Waals surface area contributed by atoms with Crippen molar-refractivity contribution in [3.63, 3.8) is 0 Å². The number of pyridine rings is 1. The van der Waals surface area contributed by atoms with E-state index in [0.29, 0.717) is 6.42 Å². The molecule has 0 saturated carbocycles. The Kier molecular flexibility index (Phi) is 1.46. The van der Waals surface area contributed by atoms with Crippen LogP contribution in [0.5, 0.6) is 0 Å². The van der Waals surface area contributed by atoms with Gasteiger partial charge < -0.3 is 10.4 Å². The predicted molar refractivity (Wildman–Crippen MR) is 43.0 cm³/mol. The number of rotatable bonds is 1. The molecule has 1 aromatic heterocycles. The van der Waals surface area contributed by atoms with Gasteiger partial charge in [0.2, 0.25) is 0 Å². The van der Waals surface area contributed by atoms with Crippen molar-refractivity contribution in [2.75, 3.05) is 5.32 Å². The van der Waals surface area contributed by atoms with E-state index in [4.69, 9.17) is 5.11 Å². The fourth-order valence-electron chi connectivity index (χ4n) is 1.34. The fourth-order valence-corrected chi connectivity index (χ4v) is 1.34. The number of hydrogen-bond acceptors (Lipinski definition) is 3. The van der Waals surface area contributed by atoms with E-state index in [1.54, 1.807) is 18.5 Å². The van der Waals surface area contributed by atoms with Crippen LogP contribution in [-0.4, -0.2) is 22.1 Å². The van der Waals surface area contributed by atoms with Crippen LogP contribution >= 0.6 is 0 Å². The van der Waals surface area contributed by atoms with E-state index in [0.717, 1.165) is 11.3 Å². The van der Waals surface area contributed by atoms with Gasteiger partial charge in [0.1, 0.15) is 6.04 Å². The molecule has 0 aliphatic carbocycles. The SMILES string of the molecule is O=C(O)C1Cc2cnccc2N1. The number of aromatic nitrogens is 1. The molecular weight excluding hydrogens is 156 g/mol. The summed E-state index contributed by atoms with van der Waals surface area (Å²) in [6, 6.07) is 1.31. The fraction of sp³-hybridized carbons (Fsp3) is 0.250. The largest absolute Gasteiger partial charge is 0.480 e. The third kappa shape index (κ3) is 1.01. The molecule has 0 bridgehead atoms. The lowest BCUT2D eigenvalue weighted by molar-refractivity contribution is -0.137. The smallest absolute Gasteiger partial charge is 0.326 e. The van der Waals surface area contributed by atoms with E-state index >= 15 is 0 Å². The number of nitrogens with zero attached hydrogens (tertiary/aromatic N) is 1. The first-order chi connectivity index (χ1) is 5.77.